The average molecular weight is 964 g/mol. The van der Waals surface area contributed by atoms with Crippen molar-refractivity contribution in [3.63, 3.8) is 0 Å². The summed E-state index contributed by atoms with van der Waals surface area (Å²) in [4.78, 5) is 13.2. The summed E-state index contributed by atoms with van der Waals surface area (Å²) < 4.78 is 11.1. The van der Waals surface area contributed by atoms with E-state index in [0.29, 0.717) is 19.3 Å². The molecule has 1 fully saturated rings. The Balaban J connectivity index is 2.36. The van der Waals surface area contributed by atoms with Crippen molar-refractivity contribution in [3.8, 4) is 0 Å². The van der Waals surface area contributed by atoms with Gasteiger partial charge in [0.05, 0.1) is 25.4 Å². The molecule has 11 nitrogen and oxygen atoms in total. The number of rotatable bonds is 47. The van der Waals surface area contributed by atoms with E-state index in [2.05, 4.69) is 67.8 Å². The fourth-order valence-electron chi connectivity index (χ4n) is 8.70. The van der Waals surface area contributed by atoms with Crippen molar-refractivity contribution >= 4 is 5.91 Å². The summed E-state index contributed by atoms with van der Waals surface area (Å²) in [6.07, 6.45) is 45.9. The molecule has 0 aromatic rings. The van der Waals surface area contributed by atoms with Gasteiger partial charge in [0.1, 0.15) is 36.6 Å². The summed E-state index contributed by atoms with van der Waals surface area (Å²) in [6.45, 7) is 3.42. The second-order valence-electron chi connectivity index (χ2n) is 19.6. The van der Waals surface area contributed by atoms with Gasteiger partial charge < -0.3 is 50.5 Å². The van der Waals surface area contributed by atoms with Crippen molar-refractivity contribution in [2.75, 3.05) is 13.2 Å². The molecule has 8 N–H and O–H groups in total. The van der Waals surface area contributed by atoms with Crippen molar-refractivity contribution in [1.82, 2.24) is 5.32 Å². The van der Waals surface area contributed by atoms with Crippen LogP contribution in [0.5, 0.6) is 0 Å². The molecule has 1 aliphatic heterocycles. The average Bonchev–Trinajstić information content (AvgIpc) is 3.34. The molecule has 1 amide bonds. The number of carbonyl (C=O) groups is 1. The maximum absolute atomic E-state index is 13.2. The van der Waals surface area contributed by atoms with Crippen LogP contribution >= 0.6 is 0 Å². The minimum atomic E-state index is -1.67. The lowest BCUT2D eigenvalue weighted by Crippen LogP contribution is -2.60. The maximum atomic E-state index is 13.2. The van der Waals surface area contributed by atoms with Crippen molar-refractivity contribution in [2.45, 2.75) is 294 Å². The number of amides is 1. The van der Waals surface area contributed by atoms with Gasteiger partial charge in [0.15, 0.2) is 6.29 Å². The molecular formula is C57H105NO10. The molecule has 0 spiro atoms. The molecule has 68 heavy (non-hydrogen) atoms. The van der Waals surface area contributed by atoms with Gasteiger partial charge in [-0.05, 0) is 89.9 Å². The fourth-order valence-corrected chi connectivity index (χ4v) is 8.70. The first kappa shape index (κ1) is 64.1. The number of nitrogens with one attached hydrogen (secondary N) is 1. The van der Waals surface area contributed by atoms with Crippen molar-refractivity contribution in [2.24, 2.45) is 0 Å². The predicted molar refractivity (Wildman–Crippen MR) is 279 cm³/mol. The normalized spacial score (nSPS) is 20.9. The Kier molecular flexibility index (Phi) is 43.5. The first-order valence-corrected chi connectivity index (χ1v) is 28.0. The van der Waals surface area contributed by atoms with Crippen LogP contribution in [0.2, 0.25) is 0 Å². The number of hydrogen-bond acceptors (Lipinski definition) is 10. The zero-order valence-corrected chi connectivity index (χ0v) is 43.3. The van der Waals surface area contributed by atoms with Crippen LogP contribution in [0.1, 0.15) is 239 Å². The third-order valence-electron chi connectivity index (χ3n) is 13.3. The Morgan fingerprint density at radius 2 is 0.882 bits per heavy atom. The van der Waals surface area contributed by atoms with E-state index >= 15 is 0 Å². The Morgan fingerprint density at radius 1 is 0.500 bits per heavy atom. The monoisotopic (exact) mass is 964 g/mol. The smallest absolute Gasteiger partial charge is 0.249 e. The first-order chi connectivity index (χ1) is 33.2. The predicted octanol–water partition coefficient (Wildman–Crippen LogP) is 11.3. The number of aliphatic hydroxyl groups is 7. The second-order valence-corrected chi connectivity index (χ2v) is 19.6. The van der Waals surface area contributed by atoms with E-state index in [1.165, 1.54) is 141 Å². The van der Waals surface area contributed by atoms with E-state index in [0.717, 1.165) is 51.4 Å². The van der Waals surface area contributed by atoms with Gasteiger partial charge >= 0.3 is 0 Å². The number of carbonyl (C=O) groups excluding carboxylic acids is 1. The van der Waals surface area contributed by atoms with Crippen LogP contribution in [0, 0.1) is 0 Å². The highest BCUT2D eigenvalue weighted by molar-refractivity contribution is 5.80. The van der Waals surface area contributed by atoms with Gasteiger partial charge in [-0.2, -0.15) is 0 Å². The largest absolute Gasteiger partial charge is 0.394 e. The Labute approximate surface area is 415 Å². The minimum absolute atomic E-state index is 0.239. The van der Waals surface area contributed by atoms with Gasteiger partial charge in [-0.3, -0.25) is 4.79 Å². The molecule has 1 aliphatic rings. The van der Waals surface area contributed by atoms with Gasteiger partial charge in [-0.1, -0.05) is 197 Å². The van der Waals surface area contributed by atoms with Gasteiger partial charge in [0, 0.05) is 0 Å². The molecule has 0 aromatic carbocycles. The van der Waals surface area contributed by atoms with Gasteiger partial charge in [0.2, 0.25) is 5.91 Å². The molecule has 0 saturated carbocycles. The van der Waals surface area contributed by atoms with E-state index in [1.54, 1.807) is 0 Å². The maximum Gasteiger partial charge on any atom is 0.249 e. The Bertz CT molecular complexity index is 1240. The summed E-state index contributed by atoms with van der Waals surface area (Å²) >= 11 is 0. The molecular weight excluding hydrogens is 859 g/mol. The van der Waals surface area contributed by atoms with Crippen LogP contribution in [0.3, 0.4) is 0 Å². The Hall–Kier alpha value is -1.93. The number of hydrogen-bond donors (Lipinski definition) is 8. The molecule has 11 heteroatoms. The number of unbranched alkanes of at least 4 members (excludes halogenated alkanes) is 27. The topological polar surface area (TPSA) is 189 Å². The van der Waals surface area contributed by atoms with Crippen LogP contribution in [0.4, 0.5) is 0 Å². The molecule has 0 aromatic heterocycles. The van der Waals surface area contributed by atoms with Gasteiger partial charge in [0.25, 0.3) is 0 Å². The highest BCUT2D eigenvalue weighted by atomic mass is 16.7. The lowest BCUT2D eigenvalue weighted by molar-refractivity contribution is -0.303. The summed E-state index contributed by atoms with van der Waals surface area (Å²) in [5, 5.41) is 76.0. The molecule has 1 heterocycles. The van der Waals surface area contributed by atoms with Gasteiger partial charge in [-0.25, -0.2) is 0 Å². The zero-order chi connectivity index (χ0) is 49.7. The lowest BCUT2D eigenvalue weighted by atomic mass is 9.98. The highest BCUT2D eigenvalue weighted by Crippen LogP contribution is 2.23. The van der Waals surface area contributed by atoms with Crippen LogP contribution in [0.15, 0.2) is 48.6 Å². The summed E-state index contributed by atoms with van der Waals surface area (Å²) in [6, 6.07) is -1.20. The number of allylic oxidation sites excluding steroid dienone is 8. The third-order valence-corrected chi connectivity index (χ3v) is 13.3. The second kappa shape index (κ2) is 46.2. The molecule has 0 radical (unpaired) electrons. The molecule has 0 bridgehead atoms. The van der Waals surface area contributed by atoms with Crippen LogP contribution < -0.4 is 5.32 Å². The van der Waals surface area contributed by atoms with Crippen molar-refractivity contribution in [1.29, 1.82) is 0 Å². The Morgan fingerprint density at radius 3 is 1.32 bits per heavy atom. The summed E-state index contributed by atoms with van der Waals surface area (Å²) in [5.74, 6) is -0.715. The lowest BCUT2D eigenvalue weighted by Gasteiger charge is -2.40. The van der Waals surface area contributed by atoms with E-state index in [4.69, 9.17) is 9.47 Å². The SMILES string of the molecule is CCCCCC/C=C/CC/C=C/CC/C=C/CCCC(O)C(O)C(COC1OC(CO)C(O)C(O)C1O)NC(=O)C(O)CCCCCCCCCC/C=C\CCCCCCCCCCCCCC. The van der Waals surface area contributed by atoms with Crippen LogP contribution in [-0.4, -0.2) is 110 Å². The highest BCUT2D eigenvalue weighted by Gasteiger charge is 2.44. The minimum Gasteiger partial charge on any atom is -0.394 e. The number of ether oxygens (including phenoxy) is 2. The molecule has 0 aliphatic carbocycles. The van der Waals surface area contributed by atoms with E-state index in [1.807, 2.05) is 0 Å². The van der Waals surface area contributed by atoms with Crippen molar-refractivity contribution < 1.29 is 50.0 Å². The fraction of sp³-hybridized carbons (Fsp3) is 0.842. The summed E-state index contributed by atoms with van der Waals surface area (Å²) in [5.41, 5.74) is 0. The molecule has 1 rings (SSSR count). The summed E-state index contributed by atoms with van der Waals surface area (Å²) in [7, 11) is 0. The zero-order valence-electron chi connectivity index (χ0n) is 43.3. The number of aliphatic hydroxyl groups excluding tert-OH is 7. The molecule has 9 atom stereocenters. The molecule has 9 unspecified atom stereocenters. The third kappa shape index (κ3) is 34.4. The quantitative estimate of drug-likeness (QED) is 0.0215. The van der Waals surface area contributed by atoms with Crippen LogP contribution in [0.25, 0.3) is 0 Å². The standard InChI is InChI=1S/C57H105NO10/c1-3-5-7-9-11-13-15-17-19-21-22-23-24-25-26-27-29-31-33-35-37-39-41-43-45-50(61)56(66)58-48(47-67-57-55(65)54(64)53(63)51(46-59)68-57)52(62)49(60)44-42-40-38-36-34-32-30-28-20-18-16-14-12-10-8-6-4-2/h14,16,25-26,28,30,36,38,48-55,57,59-65H,3-13,15,17-24,27,29,31-35,37,39-47H2,1-2H3,(H,58,66)/b16-14+,26-25-,30-28+,38-36+. The molecule has 398 valence electrons. The van der Waals surface area contributed by atoms with E-state index in [9.17, 15) is 40.5 Å². The van der Waals surface area contributed by atoms with Gasteiger partial charge in [-0.15, -0.1) is 0 Å². The molecule has 1 saturated heterocycles. The van der Waals surface area contributed by atoms with Crippen LogP contribution in [-0.2, 0) is 14.3 Å². The first-order valence-electron chi connectivity index (χ1n) is 28.0. The van der Waals surface area contributed by atoms with E-state index < -0.39 is 74.2 Å². The van der Waals surface area contributed by atoms with E-state index in [-0.39, 0.29) is 12.8 Å². The van der Waals surface area contributed by atoms with Crippen molar-refractivity contribution in [3.05, 3.63) is 48.6 Å².